The van der Waals surface area contributed by atoms with E-state index >= 15 is 0 Å². The Bertz CT molecular complexity index is 955. The number of rotatable bonds is 5. The summed E-state index contributed by atoms with van der Waals surface area (Å²) in [6.07, 6.45) is 4.96. The zero-order valence-electron chi connectivity index (χ0n) is 17.0. The standard InChI is InChI=1S/C22H26N4O2S/c1-15-9-11-18(12-10-15)26-21(19-8-5-13-28-19)23-24-22(26)29-14-20(27)25-16(2)6-4-7-17(25)3/h5,8-13,16-17H,4,6-7,14H2,1-3H3/t16-,17-/m1/s1. The number of carbonyl (C=O) groups is 1. The van der Waals surface area contributed by atoms with Crippen molar-refractivity contribution in [3.05, 3.63) is 48.2 Å². The molecule has 7 heteroatoms. The minimum absolute atomic E-state index is 0.160. The van der Waals surface area contributed by atoms with Gasteiger partial charge in [-0.1, -0.05) is 29.5 Å². The maximum absolute atomic E-state index is 12.9. The SMILES string of the molecule is Cc1ccc(-n2c(SCC(=O)N3[C@H](C)CCC[C@H]3C)nnc2-c2ccco2)cc1. The second kappa shape index (κ2) is 8.45. The third-order valence-corrected chi connectivity index (χ3v) is 6.39. The summed E-state index contributed by atoms with van der Waals surface area (Å²) in [6.45, 7) is 6.34. The van der Waals surface area contributed by atoms with E-state index in [2.05, 4.69) is 43.1 Å². The van der Waals surface area contributed by atoms with Crippen LogP contribution in [0.2, 0.25) is 0 Å². The number of benzene rings is 1. The van der Waals surface area contributed by atoms with Gasteiger partial charge in [0.2, 0.25) is 11.7 Å². The molecule has 2 atom stereocenters. The second-order valence-electron chi connectivity index (χ2n) is 7.67. The Morgan fingerprint density at radius 1 is 1.14 bits per heavy atom. The molecule has 0 aliphatic carbocycles. The molecule has 1 aliphatic heterocycles. The van der Waals surface area contributed by atoms with E-state index in [0.717, 1.165) is 18.5 Å². The van der Waals surface area contributed by atoms with Crippen molar-refractivity contribution >= 4 is 17.7 Å². The molecule has 1 aromatic carbocycles. The predicted octanol–water partition coefficient (Wildman–Crippen LogP) is 4.72. The van der Waals surface area contributed by atoms with Crippen LogP contribution in [0.25, 0.3) is 17.3 Å². The number of thioether (sulfide) groups is 1. The number of likely N-dealkylation sites (tertiary alicyclic amines) is 1. The first-order chi connectivity index (χ1) is 14.0. The lowest BCUT2D eigenvalue weighted by atomic mass is 9.98. The Balaban J connectivity index is 1.60. The van der Waals surface area contributed by atoms with Crippen LogP contribution in [0, 0.1) is 6.92 Å². The van der Waals surface area contributed by atoms with E-state index in [9.17, 15) is 4.79 Å². The zero-order valence-corrected chi connectivity index (χ0v) is 17.9. The fourth-order valence-electron chi connectivity index (χ4n) is 3.97. The molecule has 0 saturated carbocycles. The molecule has 4 rings (SSSR count). The van der Waals surface area contributed by atoms with E-state index in [-0.39, 0.29) is 5.91 Å². The number of hydrogen-bond acceptors (Lipinski definition) is 5. The smallest absolute Gasteiger partial charge is 0.233 e. The van der Waals surface area contributed by atoms with Crippen molar-refractivity contribution in [2.24, 2.45) is 0 Å². The van der Waals surface area contributed by atoms with Gasteiger partial charge in [0.15, 0.2) is 10.9 Å². The van der Waals surface area contributed by atoms with Crippen LogP contribution < -0.4 is 0 Å². The number of piperidine rings is 1. The Morgan fingerprint density at radius 3 is 2.52 bits per heavy atom. The number of carbonyl (C=O) groups excluding carboxylic acids is 1. The molecule has 3 heterocycles. The Labute approximate surface area is 175 Å². The Hall–Kier alpha value is -2.54. The van der Waals surface area contributed by atoms with E-state index < -0.39 is 0 Å². The number of furan rings is 1. The third kappa shape index (κ3) is 4.10. The van der Waals surface area contributed by atoms with Crippen LogP contribution in [-0.2, 0) is 4.79 Å². The highest BCUT2D eigenvalue weighted by Gasteiger charge is 2.29. The molecule has 3 aromatic rings. The molecule has 0 unspecified atom stereocenters. The Kier molecular flexibility index (Phi) is 5.76. The summed E-state index contributed by atoms with van der Waals surface area (Å²) in [5.74, 6) is 1.78. The van der Waals surface area contributed by atoms with E-state index in [1.165, 1.54) is 23.7 Å². The van der Waals surface area contributed by atoms with Crippen molar-refractivity contribution in [3.63, 3.8) is 0 Å². The molecular formula is C22H26N4O2S. The minimum Gasteiger partial charge on any atom is -0.461 e. The molecule has 1 fully saturated rings. The summed E-state index contributed by atoms with van der Waals surface area (Å²) in [5.41, 5.74) is 2.13. The van der Waals surface area contributed by atoms with Crippen molar-refractivity contribution in [1.82, 2.24) is 19.7 Å². The molecule has 29 heavy (non-hydrogen) atoms. The fraction of sp³-hybridized carbons (Fsp3) is 0.409. The molecule has 0 radical (unpaired) electrons. The van der Waals surface area contributed by atoms with Crippen LogP contribution in [0.4, 0.5) is 0 Å². The van der Waals surface area contributed by atoms with Gasteiger partial charge < -0.3 is 9.32 Å². The highest BCUT2D eigenvalue weighted by molar-refractivity contribution is 7.99. The van der Waals surface area contributed by atoms with Gasteiger partial charge in [-0.25, -0.2) is 0 Å². The van der Waals surface area contributed by atoms with Crippen molar-refractivity contribution in [3.8, 4) is 17.3 Å². The monoisotopic (exact) mass is 410 g/mol. The lowest BCUT2D eigenvalue weighted by Gasteiger charge is -2.39. The molecule has 1 amide bonds. The van der Waals surface area contributed by atoms with Crippen LogP contribution in [0.1, 0.15) is 38.7 Å². The fourth-order valence-corrected chi connectivity index (χ4v) is 4.79. The summed E-state index contributed by atoms with van der Waals surface area (Å²) in [6, 6.07) is 12.5. The predicted molar refractivity (Wildman–Crippen MR) is 114 cm³/mol. The molecule has 0 bridgehead atoms. The van der Waals surface area contributed by atoms with Crippen LogP contribution >= 0.6 is 11.8 Å². The molecule has 0 N–H and O–H groups in total. The molecule has 1 aliphatic rings. The highest BCUT2D eigenvalue weighted by atomic mass is 32.2. The van der Waals surface area contributed by atoms with E-state index in [0.29, 0.717) is 34.6 Å². The second-order valence-corrected chi connectivity index (χ2v) is 8.62. The number of amides is 1. The molecule has 6 nitrogen and oxygen atoms in total. The van der Waals surface area contributed by atoms with Crippen molar-refractivity contribution < 1.29 is 9.21 Å². The zero-order chi connectivity index (χ0) is 20.4. The van der Waals surface area contributed by atoms with Gasteiger partial charge in [-0.2, -0.15) is 0 Å². The topological polar surface area (TPSA) is 64.2 Å². The van der Waals surface area contributed by atoms with E-state index in [1.54, 1.807) is 6.26 Å². The summed E-state index contributed by atoms with van der Waals surface area (Å²) in [7, 11) is 0. The van der Waals surface area contributed by atoms with Crippen molar-refractivity contribution in [2.45, 2.75) is 57.3 Å². The average molecular weight is 411 g/mol. The molecule has 152 valence electrons. The number of aryl methyl sites for hydroxylation is 1. The van der Waals surface area contributed by atoms with E-state index in [1.807, 2.05) is 33.7 Å². The first-order valence-electron chi connectivity index (χ1n) is 10.0. The Morgan fingerprint density at radius 2 is 1.86 bits per heavy atom. The number of aromatic nitrogens is 3. The first-order valence-corrected chi connectivity index (χ1v) is 11.0. The summed E-state index contributed by atoms with van der Waals surface area (Å²) in [4.78, 5) is 15.0. The number of nitrogens with zero attached hydrogens (tertiary/aromatic N) is 4. The molecule has 1 saturated heterocycles. The van der Waals surface area contributed by atoms with Gasteiger partial charge in [-0.05, 0) is 64.3 Å². The quantitative estimate of drug-likeness (QED) is 0.570. The van der Waals surface area contributed by atoms with Gasteiger partial charge >= 0.3 is 0 Å². The van der Waals surface area contributed by atoms with Gasteiger partial charge in [0.1, 0.15) is 0 Å². The minimum atomic E-state index is 0.160. The van der Waals surface area contributed by atoms with Gasteiger partial charge in [0, 0.05) is 17.8 Å². The largest absolute Gasteiger partial charge is 0.461 e. The van der Waals surface area contributed by atoms with Gasteiger partial charge in [0.05, 0.1) is 12.0 Å². The van der Waals surface area contributed by atoms with Crippen LogP contribution in [-0.4, -0.2) is 43.4 Å². The van der Waals surface area contributed by atoms with Crippen LogP contribution in [0.5, 0.6) is 0 Å². The summed E-state index contributed by atoms with van der Waals surface area (Å²) < 4.78 is 7.52. The van der Waals surface area contributed by atoms with E-state index in [4.69, 9.17) is 4.42 Å². The van der Waals surface area contributed by atoms with Crippen molar-refractivity contribution in [2.75, 3.05) is 5.75 Å². The summed E-state index contributed by atoms with van der Waals surface area (Å²) in [5, 5.41) is 9.41. The lowest BCUT2D eigenvalue weighted by Crippen LogP contribution is -2.48. The third-order valence-electron chi connectivity index (χ3n) is 5.47. The normalized spacial score (nSPS) is 19.5. The van der Waals surface area contributed by atoms with Gasteiger partial charge in [-0.15, -0.1) is 10.2 Å². The van der Waals surface area contributed by atoms with Crippen LogP contribution in [0.3, 0.4) is 0 Å². The first kappa shape index (κ1) is 19.8. The lowest BCUT2D eigenvalue weighted by molar-refractivity contribution is -0.134. The maximum atomic E-state index is 12.9. The molecule has 2 aromatic heterocycles. The summed E-state index contributed by atoms with van der Waals surface area (Å²) >= 11 is 1.43. The number of hydrogen-bond donors (Lipinski definition) is 0. The highest BCUT2D eigenvalue weighted by Crippen LogP contribution is 2.30. The van der Waals surface area contributed by atoms with Gasteiger partial charge in [0.25, 0.3) is 0 Å². The van der Waals surface area contributed by atoms with Crippen LogP contribution in [0.15, 0.2) is 52.2 Å². The average Bonchev–Trinajstić information content (AvgIpc) is 3.36. The molecular weight excluding hydrogens is 384 g/mol. The van der Waals surface area contributed by atoms with Crippen molar-refractivity contribution in [1.29, 1.82) is 0 Å². The molecule has 0 spiro atoms. The maximum Gasteiger partial charge on any atom is 0.233 e. The van der Waals surface area contributed by atoms with Gasteiger partial charge in [-0.3, -0.25) is 9.36 Å².